The molecule has 0 bridgehead atoms. The van der Waals surface area contributed by atoms with Gasteiger partial charge in [-0.05, 0) is 6.42 Å². The van der Waals surface area contributed by atoms with E-state index in [4.69, 9.17) is 9.84 Å². The van der Waals surface area contributed by atoms with Crippen molar-refractivity contribution in [3.63, 3.8) is 0 Å². The van der Waals surface area contributed by atoms with E-state index in [1.54, 1.807) is 0 Å². The Morgan fingerprint density at radius 2 is 2.22 bits per heavy atom. The summed E-state index contributed by atoms with van der Waals surface area (Å²) in [5.41, 5.74) is 0. The maximum Gasteiger partial charge on any atom is 0.130 e. The lowest BCUT2D eigenvalue weighted by atomic mass is 10.4. The van der Waals surface area contributed by atoms with E-state index >= 15 is 0 Å². The second-order valence-electron chi connectivity index (χ2n) is 1.80. The first-order valence-electron chi connectivity index (χ1n) is 3.31. The lowest BCUT2D eigenvalue weighted by molar-refractivity contribution is 0.193. The van der Waals surface area contributed by atoms with Crippen LogP contribution in [0, 0.1) is 0 Å². The number of hydrogen-bond acceptors (Lipinski definition) is 2. The summed E-state index contributed by atoms with van der Waals surface area (Å²) < 4.78 is 5.10. The van der Waals surface area contributed by atoms with Gasteiger partial charge >= 0.3 is 0 Å². The fourth-order valence-corrected chi connectivity index (χ4v) is 0.464. The second kappa shape index (κ2) is 5.48. The third-order valence-electron chi connectivity index (χ3n) is 0.984. The Morgan fingerprint density at radius 3 is 2.56 bits per heavy atom. The van der Waals surface area contributed by atoms with Gasteiger partial charge in [0.15, 0.2) is 0 Å². The monoisotopic (exact) mass is 130 g/mol. The summed E-state index contributed by atoms with van der Waals surface area (Å²) in [6.45, 7) is 4.67. The highest BCUT2D eigenvalue weighted by Gasteiger charge is 1.90. The highest BCUT2D eigenvalue weighted by atomic mass is 16.5. The molecule has 2 heteroatoms. The molecule has 0 radical (unpaired) electrons. The van der Waals surface area contributed by atoms with Crippen LogP contribution in [0.4, 0.5) is 0 Å². The molecule has 9 heavy (non-hydrogen) atoms. The second-order valence-corrected chi connectivity index (χ2v) is 1.80. The van der Waals surface area contributed by atoms with Crippen LogP contribution < -0.4 is 0 Å². The van der Waals surface area contributed by atoms with Crippen LogP contribution in [-0.4, -0.2) is 11.7 Å². The molecule has 0 atom stereocenters. The van der Waals surface area contributed by atoms with Crippen molar-refractivity contribution in [3.05, 3.63) is 12.0 Å². The third kappa shape index (κ3) is 3.88. The van der Waals surface area contributed by atoms with Crippen LogP contribution >= 0.6 is 0 Å². The smallest absolute Gasteiger partial charge is 0.130 e. The van der Waals surface area contributed by atoms with E-state index in [1.165, 1.54) is 0 Å². The number of hydrogen-bond donors (Lipinski definition) is 1. The highest BCUT2D eigenvalue weighted by Crippen LogP contribution is 2.00. The fraction of sp³-hybridized carbons (Fsp3) is 0.714. The van der Waals surface area contributed by atoms with E-state index in [1.807, 2.05) is 13.8 Å². The number of aliphatic hydroxyl groups is 1. The SMILES string of the molecule is CCCO/C(=C\O)CC. The van der Waals surface area contributed by atoms with Gasteiger partial charge in [0.05, 0.1) is 6.61 Å². The number of allylic oxidation sites excluding steroid dienone is 1. The van der Waals surface area contributed by atoms with Gasteiger partial charge in [0.2, 0.25) is 0 Å². The van der Waals surface area contributed by atoms with Crippen LogP contribution in [0.5, 0.6) is 0 Å². The quantitative estimate of drug-likeness (QED) is 0.591. The third-order valence-corrected chi connectivity index (χ3v) is 0.984. The average molecular weight is 130 g/mol. The molecule has 0 spiro atoms. The minimum Gasteiger partial charge on any atom is -0.512 e. The number of rotatable bonds is 4. The standard InChI is InChI=1S/C7H14O2/c1-3-5-9-7(4-2)6-8/h6,8H,3-5H2,1-2H3/b7-6-. The van der Waals surface area contributed by atoms with Gasteiger partial charge in [-0.3, -0.25) is 0 Å². The molecule has 1 N–H and O–H groups in total. The molecule has 0 aliphatic rings. The largest absolute Gasteiger partial charge is 0.512 e. The lowest BCUT2D eigenvalue weighted by Crippen LogP contribution is -1.91. The minimum atomic E-state index is 0.664. The van der Waals surface area contributed by atoms with Crippen molar-refractivity contribution in [2.75, 3.05) is 6.61 Å². The lowest BCUT2D eigenvalue weighted by Gasteiger charge is -2.03. The molecule has 0 aliphatic heterocycles. The van der Waals surface area contributed by atoms with Gasteiger partial charge < -0.3 is 9.84 Å². The number of aliphatic hydroxyl groups excluding tert-OH is 1. The van der Waals surface area contributed by atoms with E-state index in [0.29, 0.717) is 12.4 Å². The molecule has 0 fully saturated rings. The maximum atomic E-state index is 8.47. The Morgan fingerprint density at radius 1 is 1.56 bits per heavy atom. The van der Waals surface area contributed by atoms with Crippen LogP contribution in [0.2, 0.25) is 0 Å². The molecule has 0 unspecified atom stereocenters. The Labute approximate surface area is 56.1 Å². The van der Waals surface area contributed by atoms with Crippen LogP contribution in [0.3, 0.4) is 0 Å². The summed E-state index contributed by atoms with van der Waals surface area (Å²) in [5.74, 6) is 0.664. The Bertz CT molecular complexity index is 86.9. The molecule has 0 aromatic heterocycles. The average Bonchev–Trinajstić information content (AvgIpc) is 1.91. The van der Waals surface area contributed by atoms with Gasteiger partial charge in [-0.25, -0.2) is 0 Å². The molecule has 0 saturated heterocycles. The molecule has 0 amide bonds. The zero-order chi connectivity index (χ0) is 7.11. The van der Waals surface area contributed by atoms with Gasteiger partial charge in [-0.2, -0.15) is 0 Å². The predicted octanol–water partition coefficient (Wildman–Crippen LogP) is 2.22. The van der Waals surface area contributed by atoms with E-state index in [9.17, 15) is 0 Å². The first-order chi connectivity index (χ1) is 4.35. The summed E-state index contributed by atoms with van der Waals surface area (Å²) in [6, 6.07) is 0. The first-order valence-corrected chi connectivity index (χ1v) is 3.31. The maximum absolute atomic E-state index is 8.47. The Balaban J connectivity index is 3.33. The van der Waals surface area contributed by atoms with Crippen molar-refractivity contribution < 1.29 is 9.84 Å². The van der Waals surface area contributed by atoms with E-state index < -0.39 is 0 Å². The molecule has 0 aliphatic carbocycles. The van der Waals surface area contributed by atoms with Gasteiger partial charge in [0, 0.05) is 6.42 Å². The predicted molar refractivity (Wildman–Crippen MR) is 37.2 cm³/mol. The zero-order valence-electron chi connectivity index (χ0n) is 6.05. The van der Waals surface area contributed by atoms with Gasteiger partial charge in [0.25, 0.3) is 0 Å². The molecule has 54 valence electrons. The molecule has 0 aromatic carbocycles. The Kier molecular flexibility index (Phi) is 5.07. The summed E-state index contributed by atoms with van der Waals surface area (Å²) in [7, 11) is 0. The zero-order valence-corrected chi connectivity index (χ0v) is 6.05. The van der Waals surface area contributed by atoms with Crippen LogP contribution in [0.1, 0.15) is 26.7 Å². The molecule has 0 aromatic rings. The molecule has 2 nitrogen and oxygen atoms in total. The molecular formula is C7H14O2. The summed E-state index contributed by atoms with van der Waals surface area (Å²) in [4.78, 5) is 0. The van der Waals surface area contributed by atoms with Crippen molar-refractivity contribution in [1.29, 1.82) is 0 Å². The summed E-state index contributed by atoms with van der Waals surface area (Å²) >= 11 is 0. The Hall–Kier alpha value is -0.660. The van der Waals surface area contributed by atoms with Gasteiger partial charge in [0.1, 0.15) is 12.0 Å². The van der Waals surface area contributed by atoms with Crippen molar-refractivity contribution >= 4 is 0 Å². The van der Waals surface area contributed by atoms with Crippen LogP contribution in [-0.2, 0) is 4.74 Å². The van der Waals surface area contributed by atoms with Crippen LogP contribution in [0.15, 0.2) is 12.0 Å². The van der Waals surface area contributed by atoms with Crippen molar-refractivity contribution in [3.8, 4) is 0 Å². The molecule has 0 rings (SSSR count). The summed E-state index contributed by atoms with van der Waals surface area (Å²) in [6.07, 6.45) is 2.77. The topological polar surface area (TPSA) is 29.5 Å². The normalized spacial score (nSPS) is 11.6. The highest BCUT2D eigenvalue weighted by molar-refractivity contribution is 4.83. The van der Waals surface area contributed by atoms with Crippen molar-refractivity contribution in [2.24, 2.45) is 0 Å². The van der Waals surface area contributed by atoms with E-state index in [0.717, 1.165) is 19.1 Å². The van der Waals surface area contributed by atoms with E-state index in [2.05, 4.69) is 0 Å². The van der Waals surface area contributed by atoms with Crippen LogP contribution in [0.25, 0.3) is 0 Å². The van der Waals surface area contributed by atoms with Gasteiger partial charge in [-0.15, -0.1) is 0 Å². The van der Waals surface area contributed by atoms with Crippen molar-refractivity contribution in [1.82, 2.24) is 0 Å². The van der Waals surface area contributed by atoms with E-state index in [-0.39, 0.29) is 0 Å². The minimum absolute atomic E-state index is 0.664. The molecule has 0 saturated carbocycles. The fourth-order valence-electron chi connectivity index (χ4n) is 0.464. The first kappa shape index (κ1) is 8.34. The molecule has 0 heterocycles. The molecular weight excluding hydrogens is 116 g/mol. The van der Waals surface area contributed by atoms with Gasteiger partial charge in [-0.1, -0.05) is 13.8 Å². The van der Waals surface area contributed by atoms with Crippen molar-refractivity contribution in [2.45, 2.75) is 26.7 Å². The number of ether oxygens (including phenoxy) is 1. The summed E-state index contributed by atoms with van der Waals surface area (Å²) in [5, 5.41) is 8.47.